The van der Waals surface area contributed by atoms with Crippen molar-refractivity contribution in [2.24, 2.45) is 34.5 Å². The molecule has 0 unspecified atom stereocenters. The number of carbonyl (C=O) groups is 1. The Hall–Kier alpha value is -0.370. The minimum atomic E-state index is -0.0677. The van der Waals surface area contributed by atoms with E-state index in [1.165, 1.54) is 32.1 Å². The van der Waals surface area contributed by atoms with Crippen LogP contribution >= 0.6 is 0 Å². The third-order valence-electron chi connectivity index (χ3n) is 8.43. The summed E-state index contributed by atoms with van der Waals surface area (Å²) in [5, 5.41) is 10.5. The van der Waals surface area contributed by atoms with Crippen LogP contribution in [0.2, 0.25) is 0 Å². The van der Waals surface area contributed by atoms with Gasteiger partial charge >= 0.3 is 0 Å². The van der Waals surface area contributed by atoms with Crippen molar-refractivity contribution in [2.75, 3.05) is 0 Å². The molecule has 0 aliphatic heterocycles. The molecule has 0 amide bonds. The van der Waals surface area contributed by atoms with Crippen molar-refractivity contribution in [3.8, 4) is 0 Å². The molecule has 0 radical (unpaired) electrons. The van der Waals surface area contributed by atoms with Crippen molar-refractivity contribution in [3.05, 3.63) is 0 Å². The van der Waals surface area contributed by atoms with E-state index in [1.54, 1.807) is 0 Å². The van der Waals surface area contributed by atoms with Gasteiger partial charge in [0, 0.05) is 12.8 Å². The summed E-state index contributed by atoms with van der Waals surface area (Å²) in [4.78, 5) is 11.9. The van der Waals surface area contributed by atoms with E-state index < -0.39 is 0 Å². The number of Topliss-reactive ketones (excluding diaryl/α,β-unsaturated/α-hetero) is 1. The Labute approximate surface area is 128 Å². The molecule has 0 spiro atoms. The van der Waals surface area contributed by atoms with Crippen LogP contribution in [-0.2, 0) is 4.79 Å². The van der Waals surface area contributed by atoms with Gasteiger partial charge in [-0.3, -0.25) is 4.79 Å². The molecule has 1 N–H and O–H groups in total. The van der Waals surface area contributed by atoms with E-state index in [4.69, 9.17) is 0 Å². The van der Waals surface area contributed by atoms with E-state index >= 15 is 0 Å². The highest BCUT2D eigenvalue weighted by Crippen LogP contribution is 2.65. The van der Waals surface area contributed by atoms with Crippen LogP contribution in [0, 0.1) is 34.5 Å². The van der Waals surface area contributed by atoms with E-state index in [9.17, 15) is 9.90 Å². The van der Waals surface area contributed by atoms with E-state index in [1.807, 2.05) is 0 Å². The Morgan fingerprint density at radius 2 is 1.71 bits per heavy atom. The van der Waals surface area contributed by atoms with Crippen LogP contribution in [0.4, 0.5) is 0 Å². The molecule has 2 heteroatoms. The van der Waals surface area contributed by atoms with Gasteiger partial charge in [0.2, 0.25) is 0 Å². The van der Waals surface area contributed by atoms with Crippen LogP contribution in [0.15, 0.2) is 0 Å². The van der Waals surface area contributed by atoms with Gasteiger partial charge in [0.15, 0.2) is 0 Å². The second-order valence-electron chi connectivity index (χ2n) is 9.04. The molecule has 4 aliphatic rings. The fraction of sp³-hybridized carbons (Fsp3) is 0.947. The van der Waals surface area contributed by atoms with Crippen LogP contribution in [0.5, 0.6) is 0 Å². The second-order valence-corrected chi connectivity index (χ2v) is 9.04. The maximum atomic E-state index is 11.9. The van der Waals surface area contributed by atoms with Gasteiger partial charge in [0.25, 0.3) is 0 Å². The van der Waals surface area contributed by atoms with E-state index in [2.05, 4.69) is 13.8 Å². The summed E-state index contributed by atoms with van der Waals surface area (Å²) in [7, 11) is 0. The molecule has 0 heterocycles. The van der Waals surface area contributed by atoms with Gasteiger partial charge in [-0.15, -0.1) is 0 Å². The summed E-state index contributed by atoms with van der Waals surface area (Å²) >= 11 is 0. The first-order valence-corrected chi connectivity index (χ1v) is 9.15. The summed E-state index contributed by atoms with van der Waals surface area (Å²) in [6, 6.07) is 0. The first kappa shape index (κ1) is 14.2. The molecule has 0 aromatic carbocycles. The number of rotatable bonds is 0. The largest absolute Gasteiger partial charge is 0.393 e. The van der Waals surface area contributed by atoms with Gasteiger partial charge in [-0.25, -0.2) is 0 Å². The predicted octanol–water partition coefficient (Wildman–Crippen LogP) is 3.96. The van der Waals surface area contributed by atoms with E-state index in [0.717, 1.165) is 43.4 Å². The minimum Gasteiger partial charge on any atom is -0.393 e. The Morgan fingerprint density at radius 1 is 0.952 bits per heavy atom. The minimum absolute atomic E-state index is 0.0677. The van der Waals surface area contributed by atoms with Crippen molar-refractivity contribution in [1.29, 1.82) is 0 Å². The molecule has 4 fully saturated rings. The summed E-state index contributed by atoms with van der Waals surface area (Å²) in [6.07, 6.45) is 10.0. The van der Waals surface area contributed by atoms with Crippen molar-refractivity contribution in [3.63, 3.8) is 0 Å². The van der Waals surface area contributed by atoms with Gasteiger partial charge in [0.05, 0.1) is 6.10 Å². The van der Waals surface area contributed by atoms with Crippen LogP contribution in [0.25, 0.3) is 0 Å². The van der Waals surface area contributed by atoms with E-state index in [-0.39, 0.29) is 11.5 Å². The number of aliphatic hydroxyl groups excluding tert-OH is 1. The quantitative estimate of drug-likeness (QED) is 0.733. The highest BCUT2D eigenvalue weighted by molar-refractivity contribution is 5.79. The molecule has 0 aromatic heterocycles. The lowest BCUT2D eigenvalue weighted by Gasteiger charge is -2.60. The monoisotopic (exact) mass is 290 g/mol. The lowest BCUT2D eigenvalue weighted by molar-refractivity contribution is -0.141. The zero-order valence-electron chi connectivity index (χ0n) is 13.6. The third kappa shape index (κ3) is 1.84. The number of hydrogen-bond acceptors (Lipinski definition) is 2. The third-order valence-corrected chi connectivity index (χ3v) is 8.43. The van der Waals surface area contributed by atoms with Crippen molar-refractivity contribution < 1.29 is 9.90 Å². The Morgan fingerprint density at radius 3 is 2.52 bits per heavy atom. The smallest absolute Gasteiger partial charge is 0.133 e. The fourth-order valence-corrected chi connectivity index (χ4v) is 7.02. The number of ketones is 1. The topological polar surface area (TPSA) is 37.3 Å². The Balaban J connectivity index is 1.64. The van der Waals surface area contributed by atoms with Crippen LogP contribution in [-0.4, -0.2) is 17.0 Å². The van der Waals surface area contributed by atoms with Crippen molar-refractivity contribution in [1.82, 2.24) is 0 Å². The lowest BCUT2D eigenvalue weighted by atomic mass is 9.45. The van der Waals surface area contributed by atoms with Gasteiger partial charge < -0.3 is 5.11 Å². The molecular formula is C19H30O2. The maximum Gasteiger partial charge on any atom is 0.133 e. The molecule has 4 rings (SSSR count). The first-order chi connectivity index (χ1) is 9.95. The average Bonchev–Trinajstić information content (AvgIpc) is 2.76. The Bertz CT molecular complexity index is 458. The molecule has 21 heavy (non-hydrogen) atoms. The van der Waals surface area contributed by atoms with Crippen LogP contribution < -0.4 is 0 Å². The van der Waals surface area contributed by atoms with Gasteiger partial charge in [-0.1, -0.05) is 13.8 Å². The lowest BCUT2D eigenvalue weighted by Crippen LogP contribution is -2.54. The molecule has 7 atom stereocenters. The molecule has 118 valence electrons. The van der Waals surface area contributed by atoms with Crippen molar-refractivity contribution in [2.45, 2.75) is 77.7 Å². The highest BCUT2D eigenvalue weighted by Gasteiger charge is 2.59. The summed E-state index contributed by atoms with van der Waals surface area (Å²) in [5.41, 5.74) is 0.598. The second kappa shape index (κ2) is 4.57. The average molecular weight is 290 g/mol. The molecule has 0 aromatic rings. The molecule has 0 saturated heterocycles. The standard InChI is InChI=1S/C19H30O2/c1-18-9-7-13(20)11-12(18)3-4-14-15-5-6-17(21)19(15,2)10-8-16(14)18/h12,14-17,21H,3-11H2,1-2H3/t12-,14+,15-,16+,17+,18+,19-/m1/s1. The zero-order valence-corrected chi connectivity index (χ0v) is 13.6. The fourth-order valence-electron chi connectivity index (χ4n) is 7.02. The maximum absolute atomic E-state index is 11.9. The van der Waals surface area contributed by atoms with Gasteiger partial charge in [-0.05, 0) is 79.4 Å². The SMILES string of the molecule is C[C@]12CCC(=O)C[C@H]1CC[C@H]1[C@H]3CC[C@H](O)[C@]3(C)CC[C@@H]12. The number of carbonyl (C=O) groups excluding carboxylic acids is 1. The van der Waals surface area contributed by atoms with E-state index in [0.29, 0.717) is 17.1 Å². The molecule has 2 nitrogen and oxygen atoms in total. The zero-order chi connectivity index (χ0) is 14.8. The van der Waals surface area contributed by atoms with Gasteiger partial charge in [0.1, 0.15) is 5.78 Å². The summed E-state index contributed by atoms with van der Waals surface area (Å²) in [5.74, 6) is 3.52. The van der Waals surface area contributed by atoms with Crippen molar-refractivity contribution >= 4 is 5.78 Å². The highest BCUT2D eigenvalue weighted by atomic mass is 16.3. The Kier molecular flexibility index (Phi) is 3.10. The molecule has 4 aliphatic carbocycles. The normalized spacial score (nSPS) is 56.5. The summed E-state index contributed by atoms with van der Waals surface area (Å²) in [6.45, 7) is 4.85. The number of aliphatic hydroxyl groups is 1. The predicted molar refractivity (Wildman–Crippen MR) is 82.7 cm³/mol. The number of fused-ring (bicyclic) bond motifs is 5. The molecular weight excluding hydrogens is 260 g/mol. The van der Waals surface area contributed by atoms with Crippen LogP contribution in [0.3, 0.4) is 0 Å². The molecule has 0 bridgehead atoms. The van der Waals surface area contributed by atoms with Crippen LogP contribution in [0.1, 0.15) is 71.6 Å². The summed E-state index contributed by atoms with van der Waals surface area (Å²) < 4.78 is 0. The van der Waals surface area contributed by atoms with Gasteiger partial charge in [-0.2, -0.15) is 0 Å². The molecule has 4 saturated carbocycles. The first-order valence-electron chi connectivity index (χ1n) is 9.15. The number of hydrogen-bond donors (Lipinski definition) is 1.